The number of thioether (sulfide) groups is 1. The van der Waals surface area contributed by atoms with Gasteiger partial charge in [0.2, 0.25) is 5.91 Å². The first-order valence-corrected chi connectivity index (χ1v) is 8.34. The third kappa shape index (κ3) is 4.63. The van der Waals surface area contributed by atoms with E-state index in [1.165, 1.54) is 11.3 Å². The van der Waals surface area contributed by atoms with Gasteiger partial charge in [-0.05, 0) is 35.0 Å². The van der Waals surface area contributed by atoms with Crippen LogP contribution >= 0.6 is 39.0 Å². The molecule has 2 aromatic rings. The monoisotopic (exact) mass is 356 g/mol. The topological polar surface area (TPSA) is 42.0 Å². The van der Waals surface area contributed by atoms with Crippen LogP contribution in [0.5, 0.6) is 0 Å². The van der Waals surface area contributed by atoms with Gasteiger partial charge in [-0.1, -0.05) is 12.1 Å². The number of carbonyl (C=O) groups is 1. The summed E-state index contributed by atoms with van der Waals surface area (Å²) in [7, 11) is 0. The molecule has 6 heteroatoms. The van der Waals surface area contributed by atoms with E-state index < -0.39 is 0 Å². The van der Waals surface area contributed by atoms with Crippen LogP contribution in [0.4, 0.5) is 5.13 Å². The van der Waals surface area contributed by atoms with Crippen LogP contribution in [0, 0.1) is 6.92 Å². The van der Waals surface area contributed by atoms with E-state index in [0.29, 0.717) is 11.6 Å². The molecule has 1 heterocycles. The second-order valence-corrected chi connectivity index (χ2v) is 7.08. The lowest BCUT2D eigenvalue weighted by molar-refractivity contribution is -0.115. The predicted molar refractivity (Wildman–Crippen MR) is 85.0 cm³/mol. The summed E-state index contributed by atoms with van der Waals surface area (Å²) in [4.78, 5) is 18.1. The lowest BCUT2D eigenvalue weighted by Crippen LogP contribution is -2.11. The maximum atomic E-state index is 11.7. The Hall–Kier alpha value is -0.850. The Morgan fingerprint density at radius 1 is 1.47 bits per heavy atom. The van der Waals surface area contributed by atoms with E-state index in [4.69, 9.17) is 0 Å². The van der Waals surface area contributed by atoms with Gasteiger partial charge in [-0.2, -0.15) is 0 Å². The minimum atomic E-state index is 0.00824. The molecular weight excluding hydrogens is 344 g/mol. The van der Waals surface area contributed by atoms with E-state index in [1.807, 2.05) is 31.2 Å². The number of carbonyl (C=O) groups excluding carboxylic acids is 1. The first-order chi connectivity index (χ1) is 9.15. The molecule has 0 atom stereocenters. The summed E-state index contributed by atoms with van der Waals surface area (Å²) in [6.45, 7) is 1.97. The normalized spacial score (nSPS) is 10.4. The second-order valence-electron chi connectivity index (χ2n) is 3.85. The number of aromatic nitrogens is 1. The summed E-state index contributed by atoms with van der Waals surface area (Å²) < 4.78 is 1.07. The van der Waals surface area contributed by atoms with Crippen LogP contribution in [-0.2, 0) is 4.79 Å². The number of rotatable bonds is 5. The van der Waals surface area contributed by atoms with E-state index in [0.717, 1.165) is 20.0 Å². The Labute approximate surface area is 129 Å². The highest BCUT2D eigenvalue weighted by Gasteiger charge is 2.06. The third-order valence-corrected chi connectivity index (χ3v) is 5.15. The summed E-state index contributed by atoms with van der Waals surface area (Å²) in [5.74, 6) is 0.757. The summed E-state index contributed by atoms with van der Waals surface area (Å²) in [6.07, 6.45) is 2.24. The average Bonchev–Trinajstić information content (AvgIpc) is 2.77. The Balaban J connectivity index is 1.77. The van der Waals surface area contributed by atoms with Crippen molar-refractivity contribution in [2.75, 3.05) is 11.1 Å². The van der Waals surface area contributed by atoms with Crippen molar-refractivity contribution in [1.29, 1.82) is 0 Å². The molecule has 0 saturated heterocycles. The van der Waals surface area contributed by atoms with Crippen LogP contribution in [0.3, 0.4) is 0 Å². The van der Waals surface area contributed by atoms with E-state index in [2.05, 4.69) is 26.2 Å². The number of hydrogen-bond donors (Lipinski definition) is 1. The van der Waals surface area contributed by atoms with E-state index in [-0.39, 0.29) is 5.91 Å². The predicted octanol–water partition coefficient (Wildman–Crippen LogP) is 4.33. The molecule has 1 N–H and O–H groups in total. The standard InChI is InChI=1S/C13H13BrN2OS2/c1-9-8-15-13(19-9)16-12(17)6-7-18-11-5-3-2-4-10(11)14/h2-5,8H,6-7H2,1H3,(H,15,16,17). The van der Waals surface area contributed by atoms with Crippen molar-refractivity contribution >= 4 is 50.1 Å². The lowest BCUT2D eigenvalue weighted by atomic mass is 10.4. The SMILES string of the molecule is Cc1cnc(NC(=O)CCSc2ccccc2Br)s1. The van der Waals surface area contributed by atoms with Gasteiger partial charge in [-0.3, -0.25) is 4.79 Å². The van der Waals surface area contributed by atoms with Crippen molar-refractivity contribution < 1.29 is 4.79 Å². The Bertz CT molecular complexity index is 571. The molecule has 19 heavy (non-hydrogen) atoms. The zero-order chi connectivity index (χ0) is 13.7. The van der Waals surface area contributed by atoms with Gasteiger partial charge in [-0.15, -0.1) is 23.1 Å². The first-order valence-electron chi connectivity index (χ1n) is 5.75. The molecule has 0 saturated carbocycles. The fraction of sp³-hybridized carbons (Fsp3) is 0.231. The largest absolute Gasteiger partial charge is 0.302 e. The van der Waals surface area contributed by atoms with Crippen LogP contribution in [0.15, 0.2) is 39.8 Å². The number of nitrogens with zero attached hydrogens (tertiary/aromatic N) is 1. The zero-order valence-electron chi connectivity index (χ0n) is 10.4. The molecule has 0 unspecified atom stereocenters. The van der Waals surface area contributed by atoms with E-state index in [1.54, 1.807) is 18.0 Å². The molecule has 0 aliphatic carbocycles. The first kappa shape index (κ1) is 14.6. The molecule has 3 nitrogen and oxygen atoms in total. The molecule has 0 aliphatic heterocycles. The van der Waals surface area contributed by atoms with Gasteiger partial charge in [0.05, 0.1) is 0 Å². The van der Waals surface area contributed by atoms with Crippen molar-refractivity contribution in [2.45, 2.75) is 18.2 Å². The summed E-state index contributed by atoms with van der Waals surface area (Å²) >= 11 is 6.65. The Morgan fingerprint density at radius 3 is 2.95 bits per heavy atom. The van der Waals surface area contributed by atoms with Gasteiger partial charge >= 0.3 is 0 Å². The molecule has 100 valence electrons. The molecule has 1 aromatic carbocycles. The molecule has 0 spiro atoms. The van der Waals surface area contributed by atoms with Gasteiger partial charge in [0.25, 0.3) is 0 Å². The lowest BCUT2D eigenvalue weighted by Gasteiger charge is -2.04. The summed E-state index contributed by atoms with van der Waals surface area (Å²) in [5, 5.41) is 3.48. The highest BCUT2D eigenvalue weighted by molar-refractivity contribution is 9.10. The second kappa shape index (κ2) is 7.07. The number of thiazole rings is 1. The molecule has 0 fully saturated rings. The van der Waals surface area contributed by atoms with Crippen LogP contribution in [-0.4, -0.2) is 16.6 Å². The highest BCUT2D eigenvalue weighted by Crippen LogP contribution is 2.27. The van der Waals surface area contributed by atoms with Crippen molar-refractivity contribution in [3.63, 3.8) is 0 Å². The van der Waals surface area contributed by atoms with Gasteiger partial charge in [-0.25, -0.2) is 4.98 Å². The molecule has 0 bridgehead atoms. The number of anilines is 1. The zero-order valence-corrected chi connectivity index (χ0v) is 13.6. The Morgan fingerprint density at radius 2 is 2.26 bits per heavy atom. The maximum absolute atomic E-state index is 11.7. The number of hydrogen-bond acceptors (Lipinski definition) is 4. The average molecular weight is 357 g/mol. The minimum absolute atomic E-state index is 0.00824. The highest BCUT2D eigenvalue weighted by atomic mass is 79.9. The molecule has 0 radical (unpaired) electrons. The van der Waals surface area contributed by atoms with Gasteiger partial charge in [0.1, 0.15) is 0 Å². The molecular formula is C13H13BrN2OS2. The minimum Gasteiger partial charge on any atom is -0.302 e. The quantitative estimate of drug-likeness (QED) is 0.810. The van der Waals surface area contributed by atoms with Gasteiger partial charge in [0, 0.05) is 32.6 Å². The van der Waals surface area contributed by atoms with Crippen molar-refractivity contribution in [2.24, 2.45) is 0 Å². The summed E-state index contributed by atoms with van der Waals surface area (Å²) in [5.41, 5.74) is 0. The number of benzene rings is 1. The van der Waals surface area contributed by atoms with E-state index in [9.17, 15) is 4.79 Å². The summed E-state index contributed by atoms with van der Waals surface area (Å²) in [6, 6.07) is 8.01. The van der Waals surface area contributed by atoms with Crippen molar-refractivity contribution in [3.8, 4) is 0 Å². The Kier molecular flexibility index (Phi) is 5.42. The number of nitrogens with one attached hydrogen (secondary N) is 1. The van der Waals surface area contributed by atoms with Crippen LogP contribution < -0.4 is 5.32 Å². The maximum Gasteiger partial charge on any atom is 0.226 e. The molecule has 1 amide bonds. The fourth-order valence-electron chi connectivity index (χ4n) is 1.41. The van der Waals surface area contributed by atoms with Crippen LogP contribution in [0.25, 0.3) is 0 Å². The fourth-order valence-corrected chi connectivity index (χ4v) is 3.61. The van der Waals surface area contributed by atoms with E-state index >= 15 is 0 Å². The molecule has 0 aliphatic rings. The number of halogens is 1. The van der Waals surface area contributed by atoms with Gasteiger partial charge in [0.15, 0.2) is 5.13 Å². The van der Waals surface area contributed by atoms with Crippen molar-refractivity contribution in [3.05, 3.63) is 39.8 Å². The molecule has 2 rings (SSSR count). The van der Waals surface area contributed by atoms with Gasteiger partial charge < -0.3 is 5.32 Å². The third-order valence-electron chi connectivity index (χ3n) is 2.29. The van der Waals surface area contributed by atoms with Crippen molar-refractivity contribution in [1.82, 2.24) is 4.98 Å². The van der Waals surface area contributed by atoms with Crippen LogP contribution in [0.2, 0.25) is 0 Å². The van der Waals surface area contributed by atoms with Crippen LogP contribution in [0.1, 0.15) is 11.3 Å². The molecule has 1 aromatic heterocycles. The number of aryl methyl sites for hydroxylation is 1. The number of amides is 1. The smallest absolute Gasteiger partial charge is 0.226 e.